The third-order valence-electron chi connectivity index (χ3n) is 4.40. The predicted octanol–water partition coefficient (Wildman–Crippen LogP) is 3.75. The van der Waals surface area contributed by atoms with Crippen LogP contribution in [0.25, 0.3) is 0 Å². The Morgan fingerprint density at radius 3 is 2.88 bits per heavy atom. The smallest absolute Gasteiger partial charge is 0.127 e. The molecule has 1 heterocycles. The van der Waals surface area contributed by atoms with Gasteiger partial charge in [0.15, 0.2) is 0 Å². The van der Waals surface area contributed by atoms with E-state index < -0.39 is 0 Å². The zero-order chi connectivity index (χ0) is 12.0. The van der Waals surface area contributed by atoms with Crippen LogP contribution >= 0.6 is 0 Å². The second-order valence-corrected chi connectivity index (χ2v) is 5.72. The van der Waals surface area contributed by atoms with Crippen molar-refractivity contribution < 1.29 is 9.47 Å². The van der Waals surface area contributed by atoms with E-state index in [1.165, 1.54) is 24.8 Å². The van der Waals surface area contributed by atoms with Crippen LogP contribution in [0.2, 0.25) is 0 Å². The quantitative estimate of drug-likeness (QED) is 0.734. The first kappa shape index (κ1) is 10.9. The lowest BCUT2D eigenvalue weighted by Gasteiger charge is -2.42. The van der Waals surface area contributed by atoms with Gasteiger partial charge in [0.1, 0.15) is 17.1 Å². The van der Waals surface area contributed by atoms with Gasteiger partial charge in [0.2, 0.25) is 0 Å². The van der Waals surface area contributed by atoms with Crippen LogP contribution in [0.4, 0.5) is 0 Å². The molecule has 1 aliphatic carbocycles. The molecule has 0 radical (unpaired) electrons. The highest BCUT2D eigenvalue weighted by molar-refractivity contribution is 5.50. The minimum Gasteiger partial charge on any atom is -0.496 e. The summed E-state index contributed by atoms with van der Waals surface area (Å²) in [5, 5.41) is 0. The van der Waals surface area contributed by atoms with Gasteiger partial charge in [0.05, 0.1) is 7.11 Å². The van der Waals surface area contributed by atoms with Crippen LogP contribution in [0.15, 0.2) is 18.2 Å². The maximum absolute atomic E-state index is 6.20. The summed E-state index contributed by atoms with van der Waals surface area (Å²) >= 11 is 0. The number of hydrogen-bond donors (Lipinski definition) is 0. The van der Waals surface area contributed by atoms with Crippen molar-refractivity contribution in [1.29, 1.82) is 0 Å². The van der Waals surface area contributed by atoms with E-state index >= 15 is 0 Å². The zero-order valence-electron chi connectivity index (χ0n) is 10.8. The van der Waals surface area contributed by atoms with E-state index in [1.807, 2.05) is 6.07 Å². The topological polar surface area (TPSA) is 18.5 Å². The van der Waals surface area contributed by atoms with Crippen LogP contribution in [0.1, 0.15) is 44.6 Å². The molecule has 3 rings (SSSR count). The zero-order valence-corrected chi connectivity index (χ0v) is 10.8. The van der Waals surface area contributed by atoms with Crippen molar-refractivity contribution in [3.8, 4) is 11.5 Å². The van der Waals surface area contributed by atoms with E-state index in [-0.39, 0.29) is 5.60 Å². The third-order valence-corrected chi connectivity index (χ3v) is 4.40. The van der Waals surface area contributed by atoms with Crippen LogP contribution in [0.3, 0.4) is 0 Å². The maximum atomic E-state index is 6.20. The molecule has 0 spiro atoms. The van der Waals surface area contributed by atoms with Crippen molar-refractivity contribution in [2.45, 2.75) is 44.6 Å². The minimum atomic E-state index is -0.0411. The fourth-order valence-electron chi connectivity index (χ4n) is 3.65. The van der Waals surface area contributed by atoms with Gasteiger partial charge in [-0.25, -0.2) is 0 Å². The SMILES string of the molecule is COc1cccc2c1[C@H]1CCC[C@@H]1C(C)(C)O2. The summed E-state index contributed by atoms with van der Waals surface area (Å²) in [7, 11) is 1.75. The molecule has 0 N–H and O–H groups in total. The number of ether oxygens (including phenoxy) is 2. The van der Waals surface area contributed by atoms with Crippen molar-refractivity contribution in [3.05, 3.63) is 23.8 Å². The van der Waals surface area contributed by atoms with Gasteiger partial charge in [-0.05, 0) is 44.7 Å². The summed E-state index contributed by atoms with van der Waals surface area (Å²) < 4.78 is 11.7. The lowest BCUT2D eigenvalue weighted by molar-refractivity contribution is 0.0192. The Hall–Kier alpha value is -1.18. The molecule has 1 aromatic carbocycles. The summed E-state index contributed by atoms with van der Waals surface area (Å²) in [6.07, 6.45) is 3.85. The number of methoxy groups -OCH3 is 1. The normalized spacial score (nSPS) is 29.1. The van der Waals surface area contributed by atoms with Gasteiger partial charge < -0.3 is 9.47 Å². The lowest BCUT2D eigenvalue weighted by Crippen LogP contribution is -2.42. The van der Waals surface area contributed by atoms with Crippen LogP contribution in [-0.2, 0) is 0 Å². The van der Waals surface area contributed by atoms with Crippen LogP contribution in [0, 0.1) is 5.92 Å². The van der Waals surface area contributed by atoms with Crippen LogP contribution in [0.5, 0.6) is 11.5 Å². The molecule has 1 fully saturated rings. The Bertz CT molecular complexity index is 437. The van der Waals surface area contributed by atoms with E-state index in [9.17, 15) is 0 Å². The monoisotopic (exact) mass is 232 g/mol. The van der Waals surface area contributed by atoms with Crippen molar-refractivity contribution in [3.63, 3.8) is 0 Å². The Labute approximate surface area is 103 Å². The van der Waals surface area contributed by atoms with Crippen LogP contribution in [-0.4, -0.2) is 12.7 Å². The third kappa shape index (κ3) is 1.54. The van der Waals surface area contributed by atoms with E-state index in [2.05, 4.69) is 26.0 Å². The fraction of sp³-hybridized carbons (Fsp3) is 0.600. The Kier molecular flexibility index (Phi) is 2.35. The molecule has 1 saturated carbocycles. The molecule has 1 aromatic rings. The van der Waals surface area contributed by atoms with E-state index in [1.54, 1.807) is 7.11 Å². The molecule has 1 aliphatic heterocycles. The van der Waals surface area contributed by atoms with Gasteiger partial charge in [-0.15, -0.1) is 0 Å². The number of rotatable bonds is 1. The summed E-state index contributed by atoms with van der Waals surface area (Å²) in [6.45, 7) is 4.44. The van der Waals surface area contributed by atoms with E-state index in [4.69, 9.17) is 9.47 Å². The lowest BCUT2D eigenvalue weighted by atomic mass is 9.76. The van der Waals surface area contributed by atoms with Gasteiger partial charge >= 0.3 is 0 Å². The maximum Gasteiger partial charge on any atom is 0.127 e. The van der Waals surface area contributed by atoms with Crippen molar-refractivity contribution in [2.75, 3.05) is 7.11 Å². The Morgan fingerprint density at radius 2 is 2.12 bits per heavy atom. The molecule has 0 amide bonds. The average Bonchev–Trinajstić information content (AvgIpc) is 2.77. The largest absolute Gasteiger partial charge is 0.496 e. The summed E-state index contributed by atoms with van der Waals surface area (Å²) in [5.41, 5.74) is 1.26. The number of hydrogen-bond acceptors (Lipinski definition) is 2. The number of fused-ring (bicyclic) bond motifs is 3. The summed E-state index contributed by atoms with van der Waals surface area (Å²) in [6, 6.07) is 6.15. The van der Waals surface area contributed by atoms with Crippen molar-refractivity contribution in [1.82, 2.24) is 0 Å². The Morgan fingerprint density at radius 1 is 1.29 bits per heavy atom. The molecular formula is C15H20O2. The highest BCUT2D eigenvalue weighted by Crippen LogP contribution is 2.55. The molecule has 92 valence electrons. The molecule has 0 unspecified atom stereocenters. The fourth-order valence-corrected chi connectivity index (χ4v) is 3.65. The van der Waals surface area contributed by atoms with Crippen LogP contribution < -0.4 is 9.47 Å². The number of benzene rings is 1. The highest BCUT2D eigenvalue weighted by atomic mass is 16.5. The molecule has 0 saturated heterocycles. The van der Waals surface area contributed by atoms with E-state index in [0.29, 0.717) is 11.8 Å². The second kappa shape index (κ2) is 3.66. The van der Waals surface area contributed by atoms with Crippen molar-refractivity contribution >= 4 is 0 Å². The summed E-state index contributed by atoms with van der Waals surface area (Å²) in [5.74, 6) is 3.27. The molecular weight excluding hydrogens is 212 g/mol. The molecule has 2 nitrogen and oxygen atoms in total. The first-order chi connectivity index (χ1) is 8.13. The van der Waals surface area contributed by atoms with Gasteiger partial charge in [0, 0.05) is 11.5 Å². The molecule has 2 aliphatic rings. The predicted molar refractivity (Wildman–Crippen MR) is 67.8 cm³/mol. The standard InChI is InChI=1S/C15H20O2/c1-15(2)11-7-4-6-10(11)14-12(16-3)8-5-9-13(14)17-15/h5,8-11H,4,6-7H2,1-3H3/t10-,11-/m0/s1. The molecule has 0 bridgehead atoms. The van der Waals surface area contributed by atoms with Gasteiger partial charge in [-0.1, -0.05) is 12.5 Å². The highest BCUT2D eigenvalue weighted by Gasteiger charge is 2.47. The molecule has 17 heavy (non-hydrogen) atoms. The first-order valence-electron chi connectivity index (χ1n) is 6.49. The average molecular weight is 232 g/mol. The van der Waals surface area contributed by atoms with Gasteiger partial charge in [-0.2, -0.15) is 0 Å². The second-order valence-electron chi connectivity index (χ2n) is 5.72. The van der Waals surface area contributed by atoms with E-state index in [0.717, 1.165) is 11.5 Å². The first-order valence-corrected chi connectivity index (χ1v) is 6.49. The summed E-state index contributed by atoms with van der Waals surface area (Å²) in [4.78, 5) is 0. The van der Waals surface area contributed by atoms with Crippen molar-refractivity contribution in [2.24, 2.45) is 5.92 Å². The van der Waals surface area contributed by atoms with Gasteiger partial charge in [0.25, 0.3) is 0 Å². The molecule has 0 aromatic heterocycles. The van der Waals surface area contributed by atoms with Gasteiger partial charge in [-0.3, -0.25) is 0 Å². The molecule has 2 heteroatoms. The molecule has 2 atom stereocenters. The minimum absolute atomic E-state index is 0.0411. The Balaban J connectivity index is 2.14.